The first-order valence-corrected chi connectivity index (χ1v) is 20.8. The molecule has 0 saturated carbocycles. The third-order valence-electron chi connectivity index (χ3n) is 11.7. The molecule has 5 aromatic rings. The number of likely N-dealkylation sites (tertiary alicyclic amines) is 1. The van der Waals surface area contributed by atoms with Crippen molar-refractivity contribution in [1.29, 1.82) is 0 Å². The van der Waals surface area contributed by atoms with Crippen molar-refractivity contribution in [2.75, 3.05) is 52.5 Å². The molecule has 0 aromatic heterocycles. The Hall–Kier alpha value is -4.54. The Kier molecular flexibility index (Phi) is 13.3. The summed E-state index contributed by atoms with van der Waals surface area (Å²) >= 11 is 0. The topological polar surface area (TPSA) is 77.9 Å². The Bertz CT molecular complexity index is 2050. The lowest BCUT2D eigenvalue weighted by atomic mass is 9.97. The molecule has 2 atom stereocenters. The molecule has 0 amide bonds. The molecule has 2 unspecified atom stereocenters. The summed E-state index contributed by atoms with van der Waals surface area (Å²) in [5, 5.41) is 21.5. The molecule has 8 rings (SSSR count). The van der Waals surface area contributed by atoms with Gasteiger partial charge in [-0.25, -0.2) is 0 Å². The monoisotopic (exact) mass is 767 g/mol. The van der Waals surface area contributed by atoms with E-state index in [1.807, 2.05) is 24.3 Å². The Morgan fingerprint density at radius 2 is 1.16 bits per heavy atom. The third-order valence-corrected chi connectivity index (χ3v) is 11.7. The van der Waals surface area contributed by atoms with Crippen molar-refractivity contribution in [3.8, 4) is 22.6 Å². The van der Waals surface area contributed by atoms with Crippen LogP contribution in [0.1, 0.15) is 46.2 Å². The fraction of sp³-hybridized carbons (Fsp3) is 0.388. The molecule has 3 aliphatic rings. The van der Waals surface area contributed by atoms with E-state index in [1.165, 1.54) is 38.9 Å². The Labute approximate surface area is 338 Å². The molecule has 3 heterocycles. The van der Waals surface area contributed by atoms with Gasteiger partial charge < -0.3 is 24.4 Å². The largest absolute Gasteiger partial charge is 0.491 e. The normalized spacial score (nSPS) is 17.7. The lowest BCUT2D eigenvalue weighted by Gasteiger charge is -2.33. The number of fused-ring (bicyclic) bond motifs is 2. The molecule has 8 heteroatoms. The van der Waals surface area contributed by atoms with Crippen LogP contribution in [0.2, 0.25) is 0 Å². The van der Waals surface area contributed by atoms with Crippen LogP contribution in [-0.2, 0) is 43.8 Å². The smallest absolute Gasteiger partial charge is 0.123 e. The van der Waals surface area contributed by atoms with Crippen molar-refractivity contribution in [1.82, 2.24) is 14.7 Å². The van der Waals surface area contributed by atoms with E-state index in [1.54, 1.807) is 0 Å². The van der Waals surface area contributed by atoms with Gasteiger partial charge in [0.1, 0.15) is 30.8 Å². The number of aliphatic hydroxyl groups is 2. The fourth-order valence-corrected chi connectivity index (χ4v) is 8.62. The van der Waals surface area contributed by atoms with Gasteiger partial charge in [0, 0.05) is 65.0 Å². The van der Waals surface area contributed by atoms with Gasteiger partial charge in [0.25, 0.3) is 0 Å². The number of ether oxygens (including phenoxy) is 3. The zero-order valence-corrected chi connectivity index (χ0v) is 33.1. The predicted octanol–water partition coefficient (Wildman–Crippen LogP) is 7.13. The van der Waals surface area contributed by atoms with Crippen molar-refractivity contribution in [2.24, 2.45) is 0 Å². The van der Waals surface area contributed by atoms with Crippen molar-refractivity contribution in [2.45, 2.75) is 70.2 Å². The quantitative estimate of drug-likeness (QED) is 0.110. The molecule has 1 saturated heterocycles. The summed E-state index contributed by atoms with van der Waals surface area (Å²) in [5.74, 6) is 1.42. The molecule has 1 fully saturated rings. The molecular formula is C49H57N3O5. The summed E-state index contributed by atoms with van der Waals surface area (Å²) in [5.41, 5.74) is 10.4. The maximum Gasteiger partial charge on any atom is 0.123 e. The average molecular weight is 768 g/mol. The molecule has 0 spiro atoms. The molecule has 3 aliphatic heterocycles. The van der Waals surface area contributed by atoms with Crippen LogP contribution >= 0.6 is 0 Å². The first-order valence-electron chi connectivity index (χ1n) is 20.8. The molecule has 0 bridgehead atoms. The minimum absolute atomic E-state index is 0.187. The highest BCUT2D eigenvalue weighted by Crippen LogP contribution is 2.29. The van der Waals surface area contributed by atoms with E-state index in [4.69, 9.17) is 14.2 Å². The summed E-state index contributed by atoms with van der Waals surface area (Å²) < 4.78 is 18.5. The van der Waals surface area contributed by atoms with E-state index in [0.717, 1.165) is 82.8 Å². The van der Waals surface area contributed by atoms with E-state index >= 15 is 0 Å². The van der Waals surface area contributed by atoms with Gasteiger partial charge in [-0.1, -0.05) is 97.1 Å². The number of β-amino-alcohol motifs (C(OH)–C–C–N with tert-alkyl or cyclic N) is 2. The van der Waals surface area contributed by atoms with Crippen LogP contribution in [0.4, 0.5) is 0 Å². The summed E-state index contributed by atoms with van der Waals surface area (Å²) in [7, 11) is 0. The van der Waals surface area contributed by atoms with Gasteiger partial charge in [0.15, 0.2) is 0 Å². The highest BCUT2D eigenvalue weighted by atomic mass is 16.5. The molecule has 298 valence electrons. The van der Waals surface area contributed by atoms with Crippen LogP contribution in [-0.4, -0.2) is 95.7 Å². The zero-order chi connectivity index (χ0) is 38.8. The van der Waals surface area contributed by atoms with Gasteiger partial charge in [-0.15, -0.1) is 0 Å². The minimum atomic E-state index is -0.578. The van der Waals surface area contributed by atoms with Gasteiger partial charge in [0.2, 0.25) is 0 Å². The van der Waals surface area contributed by atoms with E-state index in [-0.39, 0.29) is 12.7 Å². The Balaban J connectivity index is 0.776. The average Bonchev–Trinajstić information content (AvgIpc) is 3.25. The van der Waals surface area contributed by atoms with Crippen molar-refractivity contribution in [3.63, 3.8) is 0 Å². The van der Waals surface area contributed by atoms with Crippen LogP contribution in [0.15, 0.2) is 121 Å². The number of aliphatic hydroxyl groups excluding tert-OH is 2. The second-order valence-electron chi connectivity index (χ2n) is 16.1. The van der Waals surface area contributed by atoms with Crippen molar-refractivity contribution >= 4 is 0 Å². The Morgan fingerprint density at radius 1 is 0.561 bits per heavy atom. The third kappa shape index (κ3) is 10.9. The van der Waals surface area contributed by atoms with E-state index in [0.29, 0.717) is 32.1 Å². The summed E-state index contributed by atoms with van der Waals surface area (Å²) in [6, 6.07) is 42.2. The number of rotatable bonds is 16. The summed E-state index contributed by atoms with van der Waals surface area (Å²) in [4.78, 5) is 7.17. The van der Waals surface area contributed by atoms with Gasteiger partial charge in [-0.3, -0.25) is 14.7 Å². The van der Waals surface area contributed by atoms with E-state index < -0.39 is 12.2 Å². The van der Waals surface area contributed by atoms with Crippen molar-refractivity contribution in [3.05, 3.63) is 155 Å². The van der Waals surface area contributed by atoms with Crippen LogP contribution in [0.25, 0.3) is 11.1 Å². The standard InChI is InChI=1S/C49H57N3O5/c53-44(32-51-23-19-38-10-1-3-12-41(38)29-51)35-56-46-21-25-50(26-22-46)31-43-14-5-6-18-49(43)40-15-7-9-37(27-40)34-55-47-16-8-17-48(28-47)57-36-45(54)33-52-24-20-39-11-2-4-13-42(39)30-52/h1-18,27-28,44-46,53-54H,19-26,29-36H2. The highest BCUT2D eigenvalue weighted by molar-refractivity contribution is 5.68. The summed E-state index contributed by atoms with van der Waals surface area (Å²) in [6.45, 7) is 8.83. The second kappa shape index (κ2) is 19.3. The zero-order valence-electron chi connectivity index (χ0n) is 33.1. The van der Waals surface area contributed by atoms with Gasteiger partial charge in [-0.05, 0) is 88.4 Å². The molecule has 5 aromatic carbocycles. The van der Waals surface area contributed by atoms with Gasteiger partial charge in [-0.2, -0.15) is 0 Å². The maximum atomic E-state index is 10.8. The minimum Gasteiger partial charge on any atom is -0.491 e. The molecule has 57 heavy (non-hydrogen) atoms. The number of nitrogens with zero attached hydrogens (tertiary/aromatic N) is 3. The van der Waals surface area contributed by atoms with Crippen LogP contribution < -0.4 is 9.47 Å². The molecule has 0 radical (unpaired) electrons. The SMILES string of the molecule is OC(COc1cccc(OCc2cccc(-c3ccccc3CN3CCC(OCC(O)CN4CCc5ccccc5C4)CC3)c2)c1)CN1CCc2ccccc2C1. The van der Waals surface area contributed by atoms with E-state index in [9.17, 15) is 10.2 Å². The van der Waals surface area contributed by atoms with Gasteiger partial charge >= 0.3 is 0 Å². The van der Waals surface area contributed by atoms with Crippen LogP contribution in [0.3, 0.4) is 0 Å². The van der Waals surface area contributed by atoms with Crippen LogP contribution in [0.5, 0.6) is 11.5 Å². The highest BCUT2D eigenvalue weighted by Gasteiger charge is 2.24. The Morgan fingerprint density at radius 3 is 1.86 bits per heavy atom. The number of benzene rings is 5. The van der Waals surface area contributed by atoms with Crippen molar-refractivity contribution < 1.29 is 24.4 Å². The predicted molar refractivity (Wildman–Crippen MR) is 225 cm³/mol. The molecule has 8 nitrogen and oxygen atoms in total. The second-order valence-corrected chi connectivity index (χ2v) is 16.1. The first-order chi connectivity index (χ1) is 28.0. The first kappa shape index (κ1) is 39.3. The number of hydrogen-bond acceptors (Lipinski definition) is 8. The number of piperidine rings is 1. The van der Waals surface area contributed by atoms with Crippen LogP contribution in [0, 0.1) is 0 Å². The lowest BCUT2D eigenvalue weighted by molar-refractivity contribution is -0.0443. The number of hydrogen-bond donors (Lipinski definition) is 2. The van der Waals surface area contributed by atoms with E-state index in [2.05, 4.69) is 112 Å². The summed E-state index contributed by atoms with van der Waals surface area (Å²) in [6.07, 6.45) is 3.14. The van der Waals surface area contributed by atoms with Gasteiger partial charge in [0.05, 0.1) is 18.8 Å². The lowest BCUT2D eigenvalue weighted by Crippen LogP contribution is -2.40. The molecular weight excluding hydrogens is 711 g/mol. The fourth-order valence-electron chi connectivity index (χ4n) is 8.62. The molecule has 2 N–H and O–H groups in total. The molecule has 0 aliphatic carbocycles. The maximum absolute atomic E-state index is 10.8.